The van der Waals surface area contributed by atoms with Gasteiger partial charge in [-0.05, 0) is 57.0 Å². The van der Waals surface area contributed by atoms with Crippen LogP contribution in [-0.2, 0) is 17.7 Å². The molecule has 8 nitrogen and oxygen atoms in total. The van der Waals surface area contributed by atoms with E-state index in [9.17, 15) is 5.26 Å². The Morgan fingerprint density at radius 2 is 2.03 bits per heavy atom. The molecule has 3 aliphatic rings. The van der Waals surface area contributed by atoms with Crippen LogP contribution < -0.4 is 4.90 Å². The van der Waals surface area contributed by atoms with E-state index in [1.165, 1.54) is 11.3 Å². The van der Waals surface area contributed by atoms with Gasteiger partial charge < -0.3 is 9.64 Å². The Morgan fingerprint density at radius 3 is 2.83 bits per heavy atom. The number of benzene rings is 1. The topological polar surface area (TPSA) is 73.5 Å². The highest BCUT2D eigenvalue weighted by Gasteiger charge is 2.36. The number of fused-ring (bicyclic) bond motifs is 2. The number of nitriles is 1. The fraction of sp³-hybridized carbons (Fsp3) is 0.536. The van der Waals surface area contributed by atoms with Crippen LogP contribution in [0.5, 0.6) is 0 Å². The minimum atomic E-state index is 0.139. The minimum Gasteiger partial charge on any atom is -0.370 e. The van der Waals surface area contributed by atoms with Gasteiger partial charge in [0.25, 0.3) is 0 Å². The van der Waals surface area contributed by atoms with Gasteiger partial charge in [0.15, 0.2) is 0 Å². The van der Waals surface area contributed by atoms with Gasteiger partial charge in [-0.15, -0.1) is 0 Å². The highest BCUT2D eigenvalue weighted by Crippen LogP contribution is 2.32. The summed E-state index contributed by atoms with van der Waals surface area (Å²) in [6.07, 6.45) is 5.24. The maximum absolute atomic E-state index is 9.51. The molecule has 0 spiro atoms. The fourth-order valence-corrected chi connectivity index (χ4v) is 6.10. The molecule has 2 aromatic heterocycles. The lowest BCUT2D eigenvalue weighted by Gasteiger charge is -2.45. The van der Waals surface area contributed by atoms with Crippen LogP contribution in [0.3, 0.4) is 0 Å². The molecule has 1 aromatic carbocycles. The monoisotopic (exact) mass is 485 g/mol. The third-order valence-corrected chi connectivity index (χ3v) is 8.02. The van der Waals surface area contributed by atoms with Crippen molar-refractivity contribution in [2.75, 3.05) is 44.2 Å². The Morgan fingerprint density at radius 1 is 1.17 bits per heavy atom. The molecule has 36 heavy (non-hydrogen) atoms. The van der Waals surface area contributed by atoms with Gasteiger partial charge in [-0.2, -0.15) is 10.4 Å². The number of aromatic nitrogens is 3. The van der Waals surface area contributed by atoms with Crippen molar-refractivity contribution in [1.82, 2.24) is 24.6 Å². The Labute approximate surface area is 213 Å². The van der Waals surface area contributed by atoms with Crippen LogP contribution in [0.15, 0.2) is 36.7 Å². The van der Waals surface area contributed by atoms with Gasteiger partial charge in [-0.25, -0.2) is 0 Å². The molecule has 0 radical (unpaired) electrons. The number of hydrogen-bond donors (Lipinski definition) is 0. The van der Waals surface area contributed by atoms with E-state index in [1.807, 2.05) is 12.1 Å². The lowest BCUT2D eigenvalue weighted by molar-refractivity contribution is -0.0493. The van der Waals surface area contributed by atoms with Crippen molar-refractivity contribution in [2.24, 2.45) is 0 Å². The molecule has 0 amide bonds. The number of nitrogens with zero attached hydrogens (tertiary/aromatic N) is 7. The highest BCUT2D eigenvalue weighted by atomic mass is 16.5. The Balaban J connectivity index is 1.12. The van der Waals surface area contributed by atoms with E-state index in [4.69, 9.17) is 9.84 Å². The van der Waals surface area contributed by atoms with Gasteiger partial charge in [0.05, 0.1) is 41.2 Å². The average molecular weight is 486 g/mol. The van der Waals surface area contributed by atoms with Crippen molar-refractivity contribution in [3.05, 3.63) is 53.5 Å². The summed E-state index contributed by atoms with van der Waals surface area (Å²) in [5, 5.41) is 15.3. The van der Waals surface area contributed by atoms with E-state index < -0.39 is 0 Å². The normalized spacial score (nSPS) is 23.6. The SMILES string of the molecule is CC1CN(c2ccc(C#N)c3ncccc23)CC(CN2CC(n3ncc4c3CN(C(C)C)CC4)C2)O1. The van der Waals surface area contributed by atoms with Gasteiger partial charge in [0.2, 0.25) is 0 Å². The second-order valence-corrected chi connectivity index (χ2v) is 10.9. The predicted octanol–water partition coefficient (Wildman–Crippen LogP) is 3.22. The maximum Gasteiger partial charge on any atom is 0.101 e. The number of morpholine rings is 1. The summed E-state index contributed by atoms with van der Waals surface area (Å²) < 4.78 is 8.68. The largest absolute Gasteiger partial charge is 0.370 e. The van der Waals surface area contributed by atoms with Gasteiger partial charge in [-0.1, -0.05) is 0 Å². The van der Waals surface area contributed by atoms with E-state index in [1.54, 1.807) is 6.20 Å². The van der Waals surface area contributed by atoms with Crippen molar-refractivity contribution < 1.29 is 4.74 Å². The zero-order chi connectivity index (χ0) is 24.8. The zero-order valence-corrected chi connectivity index (χ0v) is 21.5. The van der Waals surface area contributed by atoms with Gasteiger partial charge >= 0.3 is 0 Å². The third kappa shape index (κ3) is 4.26. The summed E-state index contributed by atoms with van der Waals surface area (Å²) in [5.41, 5.74) is 5.37. The molecule has 2 unspecified atom stereocenters. The van der Waals surface area contributed by atoms with Crippen LogP contribution in [0.4, 0.5) is 5.69 Å². The molecule has 5 heterocycles. The first kappa shape index (κ1) is 23.4. The Hall–Kier alpha value is -2.99. The van der Waals surface area contributed by atoms with Crippen LogP contribution in [0.1, 0.15) is 43.6 Å². The predicted molar refractivity (Wildman–Crippen MR) is 140 cm³/mol. The molecule has 2 saturated heterocycles. The fourth-order valence-electron chi connectivity index (χ4n) is 6.10. The molecule has 188 valence electrons. The molecule has 0 aliphatic carbocycles. The second kappa shape index (κ2) is 9.47. The van der Waals surface area contributed by atoms with E-state index in [2.05, 4.69) is 69.5 Å². The van der Waals surface area contributed by atoms with Crippen molar-refractivity contribution in [3.63, 3.8) is 0 Å². The number of ether oxygens (including phenoxy) is 1. The molecule has 0 saturated carbocycles. The van der Waals surface area contributed by atoms with Crippen molar-refractivity contribution in [1.29, 1.82) is 5.26 Å². The lowest BCUT2D eigenvalue weighted by atomic mass is 10.0. The van der Waals surface area contributed by atoms with Gasteiger partial charge in [-0.3, -0.25) is 19.5 Å². The number of rotatable bonds is 5. The Kier molecular flexibility index (Phi) is 6.16. The third-order valence-electron chi connectivity index (χ3n) is 8.02. The molecule has 0 N–H and O–H groups in total. The number of likely N-dealkylation sites (tertiary alicyclic amines) is 1. The first-order valence-corrected chi connectivity index (χ1v) is 13.2. The first-order chi connectivity index (χ1) is 17.5. The summed E-state index contributed by atoms with van der Waals surface area (Å²) in [7, 11) is 0. The molecular weight excluding hydrogens is 450 g/mol. The van der Waals surface area contributed by atoms with E-state index >= 15 is 0 Å². The van der Waals surface area contributed by atoms with Crippen LogP contribution in [-0.4, -0.2) is 82.1 Å². The molecule has 3 aliphatic heterocycles. The molecule has 6 rings (SSSR count). The maximum atomic E-state index is 9.51. The van der Waals surface area contributed by atoms with E-state index in [-0.39, 0.29) is 12.2 Å². The summed E-state index contributed by atoms with van der Waals surface area (Å²) in [4.78, 5) is 12.0. The second-order valence-electron chi connectivity index (χ2n) is 10.9. The lowest BCUT2D eigenvalue weighted by Crippen LogP contribution is -2.56. The van der Waals surface area contributed by atoms with Crippen molar-refractivity contribution in [2.45, 2.75) is 58.0 Å². The first-order valence-electron chi connectivity index (χ1n) is 13.2. The molecule has 8 heteroatoms. The molecular formula is C28H35N7O. The summed E-state index contributed by atoms with van der Waals surface area (Å²) in [5.74, 6) is 0. The molecule has 2 atom stereocenters. The zero-order valence-electron chi connectivity index (χ0n) is 21.5. The minimum absolute atomic E-state index is 0.139. The Bertz CT molecular complexity index is 1290. The van der Waals surface area contributed by atoms with E-state index in [0.717, 1.165) is 68.8 Å². The summed E-state index contributed by atoms with van der Waals surface area (Å²) >= 11 is 0. The van der Waals surface area contributed by atoms with Gasteiger partial charge in [0, 0.05) is 69.1 Å². The highest BCUT2D eigenvalue weighted by molar-refractivity contribution is 5.95. The summed E-state index contributed by atoms with van der Waals surface area (Å²) in [6.45, 7) is 13.5. The van der Waals surface area contributed by atoms with Crippen molar-refractivity contribution in [3.8, 4) is 6.07 Å². The van der Waals surface area contributed by atoms with Crippen LogP contribution in [0.2, 0.25) is 0 Å². The molecule has 3 aromatic rings. The van der Waals surface area contributed by atoms with Crippen LogP contribution >= 0.6 is 0 Å². The van der Waals surface area contributed by atoms with Crippen LogP contribution in [0.25, 0.3) is 10.9 Å². The van der Waals surface area contributed by atoms with Crippen molar-refractivity contribution >= 4 is 16.6 Å². The van der Waals surface area contributed by atoms with Gasteiger partial charge in [0.1, 0.15) is 6.07 Å². The standard InChI is InChI=1S/C28H35N7O/c1-19(2)33-10-8-22-12-31-35(27(22)18-33)23-14-32(15-23)16-24-17-34(13-20(3)36-24)26-7-6-21(11-29)28-25(26)5-4-9-30-28/h4-7,9,12,19-20,23-24H,8,10,13-18H2,1-3H3. The molecule has 0 bridgehead atoms. The quantitative estimate of drug-likeness (QED) is 0.549. The van der Waals surface area contributed by atoms with Crippen LogP contribution in [0, 0.1) is 11.3 Å². The molecule has 2 fully saturated rings. The number of hydrogen-bond acceptors (Lipinski definition) is 7. The number of pyridine rings is 1. The van der Waals surface area contributed by atoms with E-state index in [0.29, 0.717) is 17.6 Å². The number of anilines is 1. The average Bonchev–Trinajstić information content (AvgIpc) is 3.27. The smallest absolute Gasteiger partial charge is 0.101 e. The summed E-state index contributed by atoms with van der Waals surface area (Å²) in [6, 6.07) is 11.3.